The SMILES string of the molecule is CSc1nnc(CNC(=O)C2CC2)c(NCc2ccc(Cl)cc2Cl)n1. The maximum Gasteiger partial charge on any atom is 0.223 e. The van der Waals surface area contributed by atoms with Crippen LogP contribution in [-0.2, 0) is 17.9 Å². The molecule has 0 spiro atoms. The lowest BCUT2D eigenvalue weighted by molar-refractivity contribution is -0.122. The molecular weight excluding hydrogens is 381 g/mol. The largest absolute Gasteiger partial charge is 0.364 e. The van der Waals surface area contributed by atoms with Gasteiger partial charge in [-0.15, -0.1) is 10.2 Å². The zero-order valence-corrected chi connectivity index (χ0v) is 15.9. The normalized spacial score (nSPS) is 13.6. The van der Waals surface area contributed by atoms with Crippen molar-refractivity contribution in [2.45, 2.75) is 31.1 Å². The fraction of sp³-hybridized carbons (Fsp3) is 0.375. The highest BCUT2D eigenvalue weighted by molar-refractivity contribution is 7.98. The maximum atomic E-state index is 11.8. The number of aromatic nitrogens is 3. The summed E-state index contributed by atoms with van der Waals surface area (Å²) in [6.07, 6.45) is 3.80. The number of thioether (sulfide) groups is 1. The van der Waals surface area contributed by atoms with E-state index in [0.29, 0.717) is 39.8 Å². The third-order valence-electron chi connectivity index (χ3n) is 3.76. The summed E-state index contributed by atoms with van der Waals surface area (Å²) in [7, 11) is 0. The van der Waals surface area contributed by atoms with Gasteiger partial charge in [0.15, 0.2) is 5.82 Å². The third-order valence-corrected chi connectivity index (χ3v) is 4.88. The monoisotopic (exact) mass is 397 g/mol. The number of carbonyl (C=O) groups excluding carboxylic acids is 1. The minimum Gasteiger partial charge on any atom is -0.364 e. The molecule has 0 atom stereocenters. The second-order valence-electron chi connectivity index (χ2n) is 5.68. The Hall–Kier alpha value is -1.57. The molecule has 132 valence electrons. The van der Waals surface area contributed by atoms with Crippen molar-refractivity contribution in [3.63, 3.8) is 0 Å². The Kier molecular flexibility index (Phi) is 5.98. The maximum absolute atomic E-state index is 11.8. The van der Waals surface area contributed by atoms with Crippen molar-refractivity contribution in [2.75, 3.05) is 11.6 Å². The minimum atomic E-state index is 0.0578. The molecule has 0 aliphatic heterocycles. The lowest BCUT2D eigenvalue weighted by Crippen LogP contribution is -2.25. The van der Waals surface area contributed by atoms with Gasteiger partial charge in [0.2, 0.25) is 11.1 Å². The van der Waals surface area contributed by atoms with Crippen molar-refractivity contribution < 1.29 is 4.79 Å². The number of anilines is 1. The van der Waals surface area contributed by atoms with Gasteiger partial charge in [0, 0.05) is 22.5 Å². The Labute approximate surface area is 160 Å². The van der Waals surface area contributed by atoms with Gasteiger partial charge in [-0.25, -0.2) is 4.98 Å². The molecule has 1 amide bonds. The van der Waals surface area contributed by atoms with Crippen LogP contribution < -0.4 is 10.6 Å². The van der Waals surface area contributed by atoms with Gasteiger partial charge >= 0.3 is 0 Å². The summed E-state index contributed by atoms with van der Waals surface area (Å²) in [5, 5.41) is 16.1. The van der Waals surface area contributed by atoms with Crippen molar-refractivity contribution in [2.24, 2.45) is 5.92 Å². The van der Waals surface area contributed by atoms with Crippen molar-refractivity contribution in [1.29, 1.82) is 0 Å². The number of rotatable bonds is 7. The molecule has 1 saturated carbocycles. The number of amides is 1. The molecule has 0 unspecified atom stereocenters. The van der Waals surface area contributed by atoms with E-state index in [2.05, 4.69) is 25.8 Å². The third kappa shape index (κ3) is 4.96. The number of halogens is 2. The highest BCUT2D eigenvalue weighted by Crippen LogP contribution is 2.29. The van der Waals surface area contributed by atoms with Crippen LogP contribution in [0.15, 0.2) is 23.4 Å². The number of nitrogens with zero attached hydrogens (tertiary/aromatic N) is 3. The summed E-state index contributed by atoms with van der Waals surface area (Å²) in [5.41, 5.74) is 1.49. The molecule has 2 N–H and O–H groups in total. The zero-order chi connectivity index (χ0) is 17.8. The quantitative estimate of drug-likeness (QED) is 0.695. The first-order valence-electron chi connectivity index (χ1n) is 7.80. The van der Waals surface area contributed by atoms with Crippen molar-refractivity contribution in [3.05, 3.63) is 39.5 Å². The molecular formula is C16H17Cl2N5OS. The summed E-state index contributed by atoms with van der Waals surface area (Å²) in [5.74, 6) is 0.791. The first kappa shape index (κ1) is 18.2. The number of nitrogens with one attached hydrogen (secondary N) is 2. The molecule has 2 aromatic rings. The summed E-state index contributed by atoms with van der Waals surface area (Å²) in [4.78, 5) is 16.3. The standard InChI is InChI=1S/C16H17Cl2N5OS/c1-25-16-21-14(19-7-10-4-5-11(17)6-12(10)18)13(22-23-16)8-20-15(24)9-2-3-9/h4-6,9H,2-3,7-8H2,1H3,(H,20,24)(H,19,21,23). The first-order valence-corrected chi connectivity index (χ1v) is 9.78. The van der Waals surface area contributed by atoms with Gasteiger partial charge in [-0.2, -0.15) is 0 Å². The molecule has 25 heavy (non-hydrogen) atoms. The molecule has 1 aromatic heterocycles. The van der Waals surface area contributed by atoms with E-state index in [1.165, 1.54) is 11.8 Å². The van der Waals surface area contributed by atoms with E-state index < -0.39 is 0 Å². The van der Waals surface area contributed by atoms with Crippen molar-refractivity contribution >= 4 is 46.7 Å². The minimum absolute atomic E-state index is 0.0578. The predicted molar refractivity (Wildman–Crippen MR) is 100.0 cm³/mol. The highest BCUT2D eigenvalue weighted by atomic mass is 35.5. The van der Waals surface area contributed by atoms with Crippen LogP contribution in [0.25, 0.3) is 0 Å². The van der Waals surface area contributed by atoms with E-state index in [-0.39, 0.29) is 11.8 Å². The van der Waals surface area contributed by atoms with Gasteiger partial charge in [-0.05, 0) is 36.8 Å². The molecule has 9 heteroatoms. The molecule has 1 aromatic carbocycles. The van der Waals surface area contributed by atoms with Crippen molar-refractivity contribution in [1.82, 2.24) is 20.5 Å². The van der Waals surface area contributed by atoms with Crippen LogP contribution >= 0.6 is 35.0 Å². The van der Waals surface area contributed by atoms with Gasteiger partial charge in [-0.1, -0.05) is 41.0 Å². The average Bonchev–Trinajstić information content (AvgIpc) is 3.44. The molecule has 0 saturated heterocycles. The molecule has 1 aliphatic rings. The number of hydrogen-bond acceptors (Lipinski definition) is 6. The predicted octanol–water partition coefficient (Wildman–Crippen LogP) is 3.54. The molecule has 0 radical (unpaired) electrons. The first-order chi connectivity index (χ1) is 12.1. The molecule has 3 rings (SSSR count). The van der Waals surface area contributed by atoms with Gasteiger partial charge in [0.25, 0.3) is 0 Å². The molecule has 6 nitrogen and oxygen atoms in total. The molecule has 1 heterocycles. The summed E-state index contributed by atoms with van der Waals surface area (Å²) in [6, 6.07) is 5.34. The second-order valence-corrected chi connectivity index (χ2v) is 7.29. The average molecular weight is 398 g/mol. The van der Waals surface area contributed by atoms with E-state index in [0.717, 1.165) is 18.4 Å². The lowest BCUT2D eigenvalue weighted by Gasteiger charge is -2.12. The van der Waals surface area contributed by atoms with E-state index >= 15 is 0 Å². The van der Waals surface area contributed by atoms with Gasteiger partial charge in [0.05, 0.1) is 6.54 Å². The lowest BCUT2D eigenvalue weighted by atomic mass is 10.2. The summed E-state index contributed by atoms with van der Waals surface area (Å²) < 4.78 is 0. The van der Waals surface area contributed by atoms with Crippen LogP contribution in [0.2, 0.25) is 10.0 Å². The van der Waals surface area contributed by atoms with Gasteiger partial charge in [-0.3, -0.25) is 4.79 Å². The fourth-order valence-electron chi connectivity index (χ4n) is 2.18. The Morgan fingerprint density at radius 3 is 2.76 bits per heavy atom. The van der Waals surface area contributed by atoms with Crippen LogP contribution in [0, 0.1) is 5.92 Å². The topological polar surface area (TPSA) is 79.8 Å². The van der Waals surface area contributed by atoms with E-state index in [4.69, 9.17) is 23.2 Å². The Morgan fingerprint density at radius 1 is 1.28 bits per heavy atom. The number of carbonyl (C=O) groups is 1. The van der Waals surface area contributed by atoms with Crippen LogP contribution in [-0.4, -0.2) is 27.3 Å². The molecule has 1 fully saturated rings. The summed E-state index contributed by atoms with van der Waals surface area (Å²) >= 11 is 13.5. The molecule has 1 aliphatic carbocycles. The highest BCUT2D eigenvalue weighted by Gasteiger charge is 2.29. The smallest absolute Gasteiger partial charge is 0.223 e. The Bertz CT molecular complexity index is 785. The number of hydrogen-bond donors (Lipinski definition) is 2. The van der Waals surface area contributed by atoms with Gasteiger partial charge in [0.1, 0.15) is 5.69 Å². The molecule has 0 bridgehead atoms. The van der Waals surface area contributed by atoms with Gasteiger partial charge < -0.3 is 10.6 Å². The Morgan fingerprint density at radius 2 is 2.08 bits per heavy atom. The van der Waals surface area contributed by atoms with Crippen LogP contribution in [0.4, 0.5) is 5.82 Å². The van der Waals surface area contributed by atoms with Crippen molar-refractivity contribution in [3.8, 4) is 0 Å². The Balaban J connectivity index is 1.71. The van der Waals surface area contributed by atoms with Crippen LogP contribution in [0.5, 0.6) is 0 Å². The van der Waals surface area contributed by atoms with Crippen LogP contribution in [0.1, 0.15) is 24.1 Å². The van der Waals surface area contributed by atoms with E-state index in [1.54, 1.807) is 12.1 Å². The van der Waals surface area contributed by atoms with Crippen LogP contribution in [0.3, 0.4) is 0 Å². The zero-order valence-electron chi connectivity index (χ0n) is 13.6. The second kappa shape index (κ2) is 8.21. The summed E-state index contributed by atoms with van der Waals surface area (Å²) in [6.45, 7) is 0.757. The van der Waals surface area contributed by atoms with E-state index in [9.17, 15) is 4.79 Å². The fourth-order valence-corrected chi connectivity index (χ4v) is 2.97. The number of benzene rings is 1. The van der Waals surface area contributed by atoms with E-state index in [1.807, 2.05) is 12.3 Å².